The highest BCUT2D eigenvalue weighted by atomic mass is 32.1. The quantitative estimate of drug-likeness (QED) is 0.352. The zero-order valence-electron chi connectivity index (χ0n) is 22.4. The van der Waals surface area contributed by atoms with Crippen LogP contribution in [0.25, 0.3) is 10.2 Å². The monoisotopic (exact) mass is 543 g/mol. The van der Waals surface area contributed by atoms with Gasteiger partial charge in [0.25, 0.3) is 5.91 Å². The SMILES string of the molecule is COc1ccc(N2CCN(C(=O)c3cccc4sc(N5CCN(c6ccc(OC)cc6)CC5)nc34)CC2)cc1. The lowest BCUT2D eigenvalue weighted by molar-refractivity contribution is 0.0748. The van der Waals surface area contributed by atoms with E-state index in [4.69, 9.17) is 14.5 Å². The van der Waals surface area contributed by atoms with Crippen LogP contribution in [0.3, 0.4) is 0 Å². The molecule has 39 heavy (non-hydrogen) atoms. The molecule has 3 aromatic carbocycles. The van der Waals surface area contributed by atoms with Gasteiger partial charge >= 0.3 is 0 Å². The number of fused-ring (bicyclic) bond motifs is 1. The van der Waals surface area contributed by atoms with Gasteiger partial charge in [0.2, 0.25) is 0 Å². The average molecular weight is 544 g/mol. The Kier molecular flexibility index (Phi) is 7.15. The lowest BCUT2D eigenvalue weighted by Crippen LogP contribution is -2.48. The maximum atomic E-state index is 13.6. The Morgan fingerprint density at radius 3 is 1.74 bits per heavy atom. The highest BCUT2D eigenvalue weighted by Gasteiger charge is 2.26. The maximum Gasteiger partial charge on any atom is 0.256 e. The lowest BCUT2D eigenvalue weighted by Gasteiger charge is -2.36. The standard InChI is InChI=1S/C30H33N5O3S/c1-37-24-10-6-22(7-11-24)32-14-18-34(19-15-32)29(36)26-4-3-5-27-28(26)31-30(39-27)35-20-16-33(17-21-35)23-8-12-25(38-2)13-9-23/h3-13H,14-21H2,1-2H3. The van der Waals surface area contributed by atoms with Gasteiger partial charge in [-0.2, -0.15) is 0 Å². The van der Waals surface area contributed by atoms with E-state index in [-0.39, 0.29) is 5.91 Å². The molecule has 1 amide bonds. The number of hydrogen-bond donors (Lipinski definition) is 0. The molecule has 0 radical (unpaired) electrons. The molecule has 4 aromatic rings. The number of nitrogens with zero attached hydrogens (tertiary/aromatic N) is 5. The molecular weight excluding hydrogens is 510 g/mol. The van der Waals surface area contributed by atoms with Gasteiger partial charge in [-0.3, -0.25) is 4.79 Å². The van der Waals surface area contributed by atoms with Crippen molar-refractivity contribution in [1.29, 1.82) is 0 Å². The summed E-state index contributed by atoms with van der Waals surface area (Å²) in [6.45, 7) is 6.60. The van der Waals surface area contributed by atoms with E-state index in [1.54, 1.807) is 25.6 Å². The highest BCUT2D eigenvalue weighted by molar-refractivity contribution is 7.22. The smallest absolute Gasteiger partial charge is 0.256 e. The van der Waals surface area contributed by atoms with E-state index in [1.165, 1.54) is 5.69 Å². The van der Waals surface area contributed by atoms with E-state index in [2.05, 4.69) is 45.0 Å². The second-order valence-corrected chi connectivity index (χ2v) is 10.8. The summed E-state index contributed by atoms with van der Waals surface area (Å²) >= 11 is 1.68. The third-order valence-corrected chi connectivity index (χ3v) is 8.71. The summed E-state index contributed by atoms with van der Waals surface area (Å²) in [6.07, 6.45) is 0. The van der Waals surface area contributed by atoms with E-state index in [0.717, 1.165) is 71.8 Å². The fourth-order valence-corrected chi connectivity index (χ4v) is 6.37. The molecule has 0 bridgehead atoms. The molecule has 0 aliphatic carbocycles. The number of carbonyl (C=O) groups is 1. The van der Waals surface area contributed by atoms with Crippen molar-refractivity contribution in [2.75, 3.05) is 81.3 Å². The van der Waals surface area contributed by atoms with Crippen LogP contribution in [0.2, 0.25) is 0 Å². The van der Waals surface area contributed by atoms with Crippen LogP contribution in [-0.4, -0.2) is 82.4 Å². The van der Waals surface area contributed by atoms with Crippen LogP contribution in [0.5, 0.6) is 11.5 Å². The molecule has 3 heterocycles. The third-order valence-electron chi connectivity index (χ3n) is 7.63. The molecule has 9 heteroatoms. The van der Waals surface area contributed by atoms with Crippen molar-refractivity contribution in [2.24, 2.45) is 0 Å². The van der Waals surface area contributed by atoms with Crippen molar-refractivity contribution < 1.29 is 14.3 Å². The van der Waals surface area contributed by atoms with Gasteiger partial charge in [-0.05, 0) is 60.7 Å². The van der Waals surface area contributed by atoms with Crippen LogP contribution in [-0.2, 0) is 0 Å². The summed E-state index contributed by atoms with van der Waals surface area (Å²) < 4.78 is 11.6. The van der Waals surface area contributed by atoms with Crippen LogP contribution in [0, 0.1) is 0 Å². The number of aromatic nitrogens is 1. The Morgan fingerprint density at radius 2 is 1.21 bits per heavy atom. The highest BCUT2D eigenvalue weighted by Crippen LogP contribution is 2.33. The molecule has 2 fully saturated rings. The largest absolute Gasteiger partial charge is 0.497 e. The first-order valence-electron chi connectivity index (χ1n) is 13.3. The van der Waals surface area contributed by atoms with Crippen LogP contribution in [0.1, 0.15) is 10.4 Å². The van der Waals surface area contributed by atoms with Gasteiger partial charge in [-0.1, -0.05) is 17.4 Å². The minimum atomic E-state index is 0.0659. The minimum absolute atomic E-state index is 0.0659. The molecule has 2 aliphatic rings. The van der Waals surface area contributed by atoms with Crippen molar-refractivity contribution in [2.45, 2.75) is 0 Å². The first-order valence-corrected chi connectivity index (χ1v) is 14.2. The number of methoxy groups -OCH3 is 2. The van der Waals surface area contributed by atoms with Crippen molar-refractivity contribution in [1.82, 2.24) is 9.88 Å². The van der Waals surface area contributed by atoms with E-state index in [1.807, 2.05) is 41.3 Å². The fourth-order valence-electron chi connectivity index (χ4n) is 5.32. The number of anilines is 3. The normalized spacial score (nSPS) is 16.1. The zero-order valence-corrected chi connectivity index (χ0v) is 23.2. The molecule has 2 aliphatic heterocycles. The molecule has 0 unspecified atom stereocenters. The number of para-hydroxylation sites is 1. The van der Waals surface area contributed by atoms with E-state index in [9.17, 15) is 4.79 Å². The minimum Gasteiger partial charge on any atom is -0.497 e. The predicted octanol–water partition coefficient (Wildman–Crippen LogP) is 4.60. The fraction of sp³-hybridized carbons (Fsp3) is 0.333. The Labute approximate surface area is 233 Å². The summed E-state index contributed by atoms with van der Waals surface area (Å²) in [6, 6.07) is 22.3. The molecule has 0 saturated carbocycles. The summed E-state index contributed by atoms with van der Waals surface area (Å²) in [5, 5.41) is 0.990. The van der Waals surface area contributed by atoms with Gasteiger partial charge in [-0.25, -0.2) is 4.98 Å². The number of amides is 1. The molecule has 1 aromatic heterocycles. The van der Waals surface area contributed by atoms with Gasteiger partial charge in [0.1, 0.15) is 11.5 Å². The lowest BCUT2D eigenvalue weighted by atomic mass is 10.1. The van der Waals surface area contributed by atoms with Crippen LogP contribution in [0.15, 0.2) is 66.7 Å². The number of hydrogen-bond acceptors (Lipinski definition) is 8. The summed E-state index contributed by atoms with van der Waals surface area (Å²) in [5.74, 6) is 1.79. The molecule has 0 N–H and O–H groups in total. The Balaban J connectivity index is 1.11. The van der Waals surface area contributed by atoms with Crippen molar-refractivity contribution >= 4 is 44.0 Å². The molecule has 0 spiro atoms. The molecule has 2 saturated heterocycles. The van der Waals surface area contributed by atoms with Crippen LogP contribution >= 0.6 is 11.3 Å². The van der Waals surface area contributed by atoms with Gasteiger partial charge < -0.3 is 29.1 Å². The van der Waals surface area contributed by atoms with Crippen LogP contribution in [0.4, 0.5) is 16.5 Å². The van der Waals surface area contributed by atoms with E-state index >= 15 is 0 Å². The second-order valence-electron chi connectivity index (χ2n) is 9.80. The summed E-state index contributed by atoms with van der Waals surface area (Å²) in [5.41, 5.74) is 3.88. The van der Waals surface area contributed by atoms with E-state index in [0.29, 0.717) is 18.7 Å². The number of ether oxygens (including phenoxy) is 2. The Hall–Kier alpha value is -3.98. The average Bonchev–Trinajstić information content (AvgIpc) is 3.46. The number of thiazole rings is 1. The number of benzene rings is 3. The second kappa shape index (κ2) is 11.0. The Bertz CT molecular complexity index is 1420. The Morgan fingerprint density at radius 1 is 0.692 bits per heavy atom. The number of rotatable bonds is 6. The van der Waals surface area contributed by atoms with Crippen molar-refractivity contribution in [3.05, 3.63) is 72.3 Å². The zero-order chi connectivity index (χ0) is 26.8. The van der Waals surface area contributed by atoms with Crippen molar-refractivity contribution in [3.8, 4) is 11.5 Å². The van der Waals surface area contributed by atoms with Crippen molar-refractivity contribution in [3.63, 3.8) is 0 Å². The summed E-state index contributed by atoms with van der Waals surface area (Å²) in [7, 11) is 3.37. The first-order chi connectivity index (χ1) is 19.1. The van der Waals surface area contributed by atoms with E-state index < -0.39 is 0 Å². The summed E-state index contributed by atoms with van der Waals surface area (Å²) in [4.78, 5) is 27.6. The predicted molar refractivity (Wildman–Crippen MR) is 158 cm³/mol. The topological polar surface area (TPSA) is 61.4 Å². The first kappa shape index (κ1) is 25.3. The van der Waals surface area contributed by atoms with Crippen LogP contribution < -0.4 is 24.2 Å². The molecule has 8 nitrogen and oxygen atoms in total. The number of carbonyl (C=O) groups excluding carboxylic acids is 1. The third kappa shape index (κ3) is 5.18. The number of piperazine rings is 2. The van der Waals surface area contributed by atoms with Gasteiger partial charge in [0, 0.05) is 63.7 Å². The van der Waals surface area contributed by atoms with Gasteiger partial charge in [-0.15, -0.1) is 0 Å². The van der Waals surface area contributed by atoms with Gasteiger partial charge in [0.15, 0.2) is 5.13 Å². The molecular formula is C30H33N5O3S. The molecule has 0 atom stereocenters. The van der Waals surface area contributed by atoms with Gasteiger partial charge in [0.05, 0.1) is 30.0 Å². The maximum absolute atomic E-state index is 13.6. The molecule has 6 rings (SSSR count). The molecule has 202 valence electrons.